The summed E-state index contributed by atoms with van der Waals surface area (Å²) in [5, 5.41) is 6.38. The number of nitrogens with zero attached hydrogens (tertiary/aromatic N) is 3. The highest BCUT2D eigenvalue weighted by Gasteiger charge is 2.05. The van der Waals surface area contributed by atoms with Crippen molar-refractivity contribution < 1.29 is 0 Å². The molecule has 2 aromatic carbocycles. The van der Waals surface area contributed by atoms with Gasteiger partial charge < -0.3 is 10.6 Å². The van der Waals surface area contributed by atoms with Gasteiger partial charge in [-0.15, -0.1) is 0 Å². The number of hydrogen-bond acceptors (Lipinski definition) is 5. The first-order valence-corrected chi connectivity index (χ1v) is 7.19. The first kappa shape index (κ1) is 14.3. The maximum Gasteiger partial charge on any atom is 0.233 e. The monoisotopic (exact) mass is 311 g/mol. The number of benzene rings is 2. The Kier molecular flexibility index (Phi) is 4.46. The molecule has 3 rings (SSSR count). The summed E-state index contributed by atoms with van der Waals surface area (Å²) >= 11 is 5.96. The molecule has 0 radical (unpaired) electrons. The van der Waals surface area contributed by atoms with Crippen LogP contribution in [-0.2, 0) is 6.54 Å². The zero-order valence-corrected chi connectivity index (χ0v) is 12.5. The molecule has 0 saturated carbocycles. The Morgan fingerprint density at radius 3 is 2.14 bits per heavy atom. The summed E-state index contributed by atoms with van der Waals surface area (Å²) in [5.74, 6) is 0.837. The molecule has 6 heteroatoms. The highest BCUT2D eigenvalue weighted by atomic mass is 35.5. The topological polar surface area (TPSA) is 62.7 Å². The molecule has 0 aliphatic carbocycles. The SMILES string of the molecule is Clc1nc(NCc2ccccc2)nc(Nc2ccccc2)n1. The van der Waals surface area contributed by atoms with Crippen LogP contribution in [0.3, 0.4) is 0 Å². The van der Waals surface area contributed by atoms with Crippen molar-refractivity contribution in [3.63, 3.8) is 0 Å². The molecule has 0 saturated heterocycles. The van der Waals surface area contributed by atoms with Gasteiger partial charge in [-0.2, -0.15) is 15.0 Å². The largest absolute Gasteiger partial charge is 0.350 e. The fourth-order valence-electron chi connectivity index (χ4n) is 1.91. The van der Waals surface area contributed by atoms with E-state index in [1.807, 2.05) is 60.7 Å². The van der Waals surface area contributed by atoms with Crippen LogP contribution in [0.1, 0.15) is 5.56 Å². The molecule has 0 spiro atoms. The van der Waals surface area contributed by atoms with Crippen LogP contribution in [0, 0.1) is 0 Å². The summed E-state index contributed by atoms with van der Waals surface area (Å²) in [6, 6.07) is 19.7. The Bertz CT molecular complexity index is 734. The second kappa shape index (κ2) is 6.87. The molecular formula is C16H14ClN5. The van der Waals surface area contributed by atoms with Gasteiger partial charge in [-0.3, -0.25) is 0 Å². The van der Waals surface area contributed by atoms with Gasteiger partial charge in [-0.1, -0.05) is 48.5 Å². The van der Waals surface area contributed by atoms with Crippen molar-refractivity contribution in [2.24, 2.45) is 0 Å². The molecule has 0 aliphatic heterocycles. The fourth-order valence-corrected chi connectivity index (χ4v) is 2.07. The van der Waals surface area contributed by atoms with Gasteiger partial charge in [0.1, 0.15) is 0 Å². The van der Waals surface area contributed by atoms with E-state index in [0.717, 1.165) is 11.3 Å². The minimum Gasteiger partial charge on any atom is -0.350 e. The molecule has 22 heavy (non-hydrogen) atoms. The molecule has 0 aliphatic rings. The lowest BCUT2D eigenvalue weighted by molar-refractivity contribution is 1.01. The van der Waals surface area contributed by atoms with E-state index >= 15 is 0 Å². The van der Waals surface area contributed by atoms with Crippen molar-refractivity contribution in [2.75, 3.05) is 10.6 Å². The predicted molar refractivity (Wildman–Crippen MR) is 88.3 cm³/mol. The summed E-state index contributed by atoms with van der Waals surface area (Å²) in [7, 11) is 0. The van der Waals surface area contributed by atoms with Gasteiger partial charge in [0.05, 0.1) is 0 Å². The molecule has 1 heterocycles. The first-order chi connectivity index (χ1) is 10.8. The third-order valence-electron chi connectivity index (χ3n) is 2.93. The van der Waals surface area contributed by atoms with Crippen LogP contribution in [0.2, 0.25) is 5.28 Å². The molecular weight excluding hydrogens is 298 g/mol. The maximum absolute atomic E-state index is 5.96. The van der Waals surface area contributed by atoms with Crippen LogP contribution in [0.5, 0.6) is 0 Å². The molecule has 0 amide bonds. The summed E-state index contributed by atoms with van der Waals surface area (Å²) in [6.07, 6.45) is 0. The van der Waals surface area contributed by atoms with Gasteiger partial charge in [-0.25, -0.2) is 0 Å². The number of anilines is 3. The molecule has 0 bridgehead atoms. The third kappa shape index (κ3) is 3.93. The van der Waals surface area contributed by atoms with E-state index in [9.17, 15) is 0 Å². The van der Waals surface area contributed by atoms with Crippen molar-refractivity contribution in [2.45, 2.75) is 6.54 Å². The van der Waals surface area contributed by atoms with Crippen molar-refractivity contribution in [1.29, 1.82) is 0 Å². The molecule has 0 atom stereocenters. The van der Waals surface area contributed by atoms with E-state index in [2.05, 4.69) is 25.6 Å². The van der Waals surface area contributed by atoms with E-state index in [1.54, 1.807) is 0 Å². The number of nitrogens with one attached hydrogen (secondary N) is 2. The van der Waals surface area contributed by atoms with E-state index in [4.69, 9.17) is 11.6 Å². The Morgan fingerprint density at radius 1 is 0.773 bits per heavy atom. The van der Waals surface area contributed by atoms with Crippen LogP contribution in [0.15, 0.2) is 60.7 Å². The zero-order chi connectivity index (χ0) is 15.2. The Labute approximate surface area is 133 Å². The van der Waals surface area contributed by atoms with Crippen LogP contribution in [0.25, 0.3) is 0 Å². The van der Waals surface area contributed by atoms with Gasteiger partial charge in [0.25, 0.3) is 0 Å². The second-order valence-electron chi connectivity index (χ2n) is 4.58. The van der Waals surface area contributed by atoms with Gasteiger partial charge >= 0.3 is 0 Å². The average Bonchev–Trinajstić information content (AvgIpc) is 2.54. The normalized spacial score (nSPS) is 10.2. The number of hydrogen-bond donors (Lipinski definition) is 2. The number of aromatic nitrogens is 3. The highest BCUT2D eigenvalue weighted by molar-refractivity contribution is 6.28. The molecule has 1 aromatic heterocycles. The van der Waals surface area contributed by atoms with Crippen LogP contribution < -0.4 is 10.6 Å². The van der Waals surface area contributed by atoms with Crippen LogP contribution >= 0.6 is 11.6 Å². The smallest absolute Gasteiger partial charge is 0.233 e. The average molecular weight is 312 g/mol. The number of para-hydroxylation sites is 1. The van der Waals surface area contributed by atoms with E-state index in [-0.39, 0.29) is 5.28 Å². The lowest BCUT2D eigenvalue weighted by Gasteiger charge is -2.08. The molecule has 110 valence electrons. The molecule has 3 aromatic rings. The van der Waals surface area contributed by atoms with Gasteiger partial charge in [0.2, 0.25) is 17.2 Å². The van der Waals surface area contributed by atoms with Gasteiger partial charge in [-0.05, 0) is 29.3 Å². The fraction of sp³-hybridized carbons (Fsp3) is 0.0625. The van der Waals surface area contributed by atoms with Gasteiger partial charge in [0, 0.05) is 12.2 Å². The molecule has 0 fully saturated rings. The predicted octanol–water partition coefficient (Wildman–Crippen LogP) is 3.88. The molecule has 2 N–H and O–H groups in total. The van der Waals surface area contributed by atoms with Crippen molar-refractivity contribution in [3.8, 4) is 0 Å². The summed E-state index contributed by atoms with van der Waals surface area (Å²) in [6.45, 7) is 0.617. The lowest BCUT2D eigenvalue weighted by Crippen LogP contribution is -2.07. The first-order valence-electron chi connectivity index (χ1n) is 6.81. The quantitative estimate of drug-likeness (QED) is 0.748. The number of halogens is 1. The standard InChI is InChI=1S/C16H14ClN5/c17-14-20-15(18-11-12-7-3-1-4-8-12)22-16(21-14)19-13-9-5-2-6-10-13/h1-10H,11H2,(H2,18,19,20,21,22). The van der Waals surface area contributed by atoms with E-state index in [0.29, 0.717) is 18.4 Å². The molecule has 0 unspecified atom stereocenters. The highest BCUT2D eigenvalue weighted by Crippen LogP contribution is 2.15. The van der Waals surface area contributed by atoms with Gasteiger partial charge in [0.15, 0.2) is 0 Å². The van der Waals surface area contributed by atoms with Crippen molar-refractivity contribution >= 4 is 29.2 Å². The minimum atomic E-state index is 0.143. The maximum atomic E-state index is 5.96. The minimum absolute atomic E-state index is 0.143. The van der Waals surface area contributed by atoms with E-state index < -0.39 is 0 Å². The summed E-state index contributed by atoms with van der Waals surface area (Å²) < 4.78 is 0. The summed E-state index contributed by atoms with van der Waals surface area (Å²) in [5.41, 5.74) is 2.02. The summed E-state index contributed by atoms with van der Waals surface area (Å²) in [4.78, 5) is 12.5. The Hall–Kier alpha value is -2.66. The molecule has 5 nitrogen and oxygen atoms in total. The Morgan fingerprint density at radius 2 is 1.41 bits per heavy atom. The lowest BCUT2D eigenvalue weighted by atomic mass is 10.2. The van der Waals surface area contributed by atoms with Crippen molar-refractivity contribution in [1.82, 2.24) is 15.0 Å². The Balaban J connectivity index is 1.72. The van der Waals surface area contributed by atoms with Crippen LogP contribution in [0.4, 0.5) is 17.6 Å². The zero-order valence-electron chi connectivity index (χ0n) is 11.7. The van der Waals surface area contributed by atoms with Crippen molar-refractivity contribution in [3.05, 3.63) is 71.5 Å². The van der Waals surface area contributed by atoms with E-state index in [1.165, 1.54) is 0 Å². The second-order valence-corrected chi connectivity index (χ2v) is 4.92. The third-order valence-corrected chi connectivity index (χ3v) is 3.10. The van der Waals surface area contributed by atoms with Crippen LogP contribution in [-0.4, -0.2) is 15.0 Å². The number of rotatable bonds is 5.